The molecule has 0 fully saturated rings. The first-order valence-electron chi connectivity index (χ1n) is 6.21. The van der Waals surface area contributed by atoms with E-state index in [1.807, 2.05) is 30.3 Å². The van der Waals surface area contributed by atoms with Crippen LogP contribution in [0.4, 0.5) is 0 Å². The summed E-state index contributed by atoms with van der Waals surface area (Å²) in [6, 6.07) is 9.03. The van der Waals surface area contributed by atoms with Crippen LogP contribution >= 0.6 is 0 Å². The molecule has 0 saturated heterocycles. The van der Waals surface area contributed by atoms with Gasteiger partial charge in [-0.15, -0.1) is 0 Å². The van der Waals surface area contributed by atoms with Gasteiger partial charge in [-0.2, -0.15) is 0 Å². The molecule has 1 atom stereocenters. The van der Waals surface area contributed by atoms with E-state index in [0.29, 0.717) is 6.54 Å². The lowest BCUT2D eigenvalue weighted by Gasteiger charge is -2.22. The van der Waals surface area contributed by atoms with Crippen molar-refractivity contribution >= 4 is 11.8 Å². The summed E-state index contributed by atoms with van der Waals surface area (Å²) < 4.78 is 0. The van der Waals surface area contributed by atoms with Gasteiger partial charge in [0.05, 0.1) is 19.1 Å². The SMILES string of the molecule is CC(=O)NC(CC(=O)N(C)CCO)c1ccccc1. The Morgan fingerprint density at radius 2 is 1.95 bits per heavy atom. The lowest BCUT2D eigenvalue weighted by Crippen LogP contribution is -2.35. The summed E-state index contributed by atoms with van der Waals surface area (Å²) in [7, 11) is 1.63. The van der Waals surface area contributed by atoms with Crippen LogP contribution in [0.5, 0.6) is 0 Å². The molecular formula is C14H20N2O3. The van der Waals surface area contributed by atoms with Crippen molar-refractivity contribution in [2.75, 3.05) is 20.2 Å². The van der Waals surface area contributed by atoms with Crippen LogP contribution < -0.4 is 5.32 Å². The number of hydrogen-bond acceptors (Lipinski definition) is 3. The second-order valence-corrected chi connectivity index (χ2v) is 4.41. The second kappa shape index (κ2) is 7.53. The first-order valence-corrected chi connectivity index (χ1v) is 6.21. The third-order valence-electron chi connectivity index (χ3n) is 2.82. The van der Waals surface area contributed by atoms with Gasteiger partial charge in [0.25, 0.3) is 0 Å². The summed E-state index contributed by atoms with van der Waals surface area (Å²) >= 11 is 0. The van der Waals surface area contributed by atoms with E-state index >= 15 is 0 Å². The number of nitrogens with zero attached hydrogens (tertiary/aromatic N) is 1. The number of carbonyl (C=O) groups excluding carboxylic acids is 2. The van der Waals surface area contributed by atoms with Gasteiger partial charge in [0, 0.05) is 20.5 Å². The fourth-order valence-electron chi connectivity index (χ4n) is 1.79. The van der Waals surface area contributed by atoms with Crippen molar-refractivity contribution in [3.8, 4) is 0 Å². The van der Waals surface area contributed by atoms with Gasteiger partial charge in [0.15, 0.2) is 0 Å². The van der Waals surface area contributed by atoms with Crippen molar-refractivity contribution in [1.82, 2.24) is 10.2 Å². The molecule has 0 aromatic heterocycles. The molecule has 5 nitrogen and oxygen atoms in total. The third-order valence-corrected chi connectivity index (χ3v) is 2.82. The molecule has 19 heavy (non-hydrogen) atoms. The zero-order valence-corrected chi connectivity index (χ0v) is 11.3. The highest BCUT2D eigenvalue weighted by molar-refractivity contribution is 5.79. The zero-order chi connectivity index (χ0) is 14.3. The van der Waals surface area contributed by atoms with E-state index in [-0.39, 0.29) is 30.9 Å². The fourth-order valence-corrected chi connectivity index (χ4v) is 1.79. The number of carbonyl (C=O) groups is 2. The molecule has 0 aliphatic rings. The lowest BCUT2D eigenvalue weighted by atomic mass is 10.0. The average molecular weight is 264 g/mol. The van der Waals surface area contributed by atoms with Gasteiger partial charge in [0.1, 0.15) is 0 Å². The molecule has 2 amide bonds. The molecule has 1 unspecified atom stereocenters. The summed E-state index contributed by atoms with van der Waals surface area (Å²) in [4.78, 5) is 24.6. The first kappa shape index (κ1) is 15.2. The van der Waals surface area contributed by atoms with Crippen molar-refractivity contribution in [3.05, 3.63) is 35.9 Å². The quantitative estimate of drug-likeness (QED) is 0.795. The van der Waals surface area contributed by atoms with Gasteiger partial charge < -0.3 is 15.3 Å². The molecule has 0 radical (unpaired) electrons. The highest BCUT2D eigenvalue weighted by Crippen LogP contribution is 2.17. The zero-order valence-electron chi connectivity index (χ0n) is 11.3. The molecule has 104 valence electrons. The van der Waals surface area contributed by atoms with E-state index < -0.39 is 0 Å². The minimum Gasteiger partial charge on any atom is -0.395 e. The van der Waals surface area contributed by atoms with Gasteiger partial charge in [-0.25, -0.2) is 0 Å². The fraction of sp³-hybridized carbons (Fsp3) is 0.429. The van der Waals surface area contributed by atoms with Crippen LogP contribution in [0.2, 0.25) is 0 Å². The second-order valence-electron chi connectivity index (χ2n) is 4.41. The number of hydrogen-bond donors (Lipinski definition) is 2. The van der Waals surface area contributed by atoms with E-state index in [4.69, 9.17) is 5.11 Å². The Morgan fingerprint density at radius 3 is 2.47 bits per heavy atom. The van der Waals surface area contributed by atoms with E-state index in [9.17, 15) is 9.59 Å². The summed E-state index contributed by atoms with van der Waals surface area (Å²) in [5.41, 5.74) is 0.892. The highest BCUT2D eigenvalue weighted by Gasteiger charge is 2.18. The molecule has 2 N–H and O–H groups in total. The van der Waals surface area contributed by atoms with Crippen LogP contribution in [0.15, 0.2) is 30.3 Å². The maximum atomic E-state index is 12.0. The van der Waals surface area contributed by atoms with Crippen molar-refractivity contribution in [1.29, 1.82) is 0 Å². The van der Waals surface area contributed by atoms with Crippen LogP contribution in [0.3, 0.4) is 0 Å². The van der Waals surface area contributed by atoms with Crippen molar-refractivity contribution in [2.45, 2.75) is 19.4 Å². The number of likely N-dealkylation sites (N-methyl/N-ethyl adjacent to an activating group) is 1. The van der Waals surface area contributed by atoms with Crippen LogP contribution in [-0.2, 0) is 9.59 Å². The van der Waals surface area contributed by atoms with E-state index in [2.05, 4.69) is 5.32 Å². The smallest absolute Gasteiger partial charge is 0.224 e. The Labute approximate surface area is 113 Å². The predicted molar refractivity (Wildman–Crippen MR) is 72.3 cm³/mol. The molecule has 0 aliphatic heterocycles. The number of amides is 2. The van der Waals surface area contributed by atoms with Crippen molar-refractivity contribution in [2.24, 2.45) is 0 Å². The largest absolute Gasteiger partial charge is 0.395 e. The standard InChI is InChI=1S/C14H20N2O3/c1-11(18)15-13(12-6-4-3-5-7-12)10-14(19)16(2)8-9-17/h3-7,13,17H,8-10H2,1-2H3,(H,15,18). The average Bonchev–Trinajstić information content (AvgIpc) is 2.38. The van der Waals surface area contributed by atoms with E-state index in [1.54, 1.807) is 7.05 Å². The third kappa shape index (κ3) is 5.09. The van der Waals surface area contributed by atoms with E-state index in [0.717, 1.165) is 5.56 Å². The predicted octanol–water partition coefficient (Wildman–Crippen LogP) is 0.705. The molecule has 0 aliphatic carbocycles. The first-order chi connectivity index (χ1) is 9.04. The Morgan fingerprint density at radius 1 is 1.32 bits per heavy atom. The van der Waals surface area contributed by atoms with Gasteiger partial charge in [-0.3, -0.25) is 9.59 Å². The Balaban J connectivity index is 2.76. The van der Waals surface area contributed by atoms with Gasteiger partial charge in [-0.1, -0.05) is 30.3 Å². The molecule has 1 rings (SSSR count). The Bertz CT molecular complexity index is 420. The van der Waals surface area contributed by atoms with Gasteiger partial charge in [0.2, 0.25) is 11.8 Å². The molecule has 0 bridgehead atoms. The summed E-state index contributed by atoms with van der Waals surface area (Å²) in [5, 5.41) is 11.6. The maximum absolute atomic E-state index is 12.0. The number of rotatable bonds is 6. The molecule has 0 heterocycles. The maximum Gasteiger partial charge on any atom is 0.224 e. The minimum atomic E-state index is -0.340. The Kier molecular flexibility index (Phi) is 6.02. The topological polar surface area (TPSA) is 69.6 Å². The molecule has 1 aromatic carbocycles. The van der Waals surface area contributed by atoms with Crippen molar-refractivity contribution in [3.63, 3.8) is 0 Å². The summed E-state index contributed by atoms with van der Waals surface area (Å²) in [5.74, 6) is -0.289. The monoisotopic (exact) mass is 264 g/mol. The molecule has 1 aromatic rings. The van der Waals surface area contributed by atoms with Gasteiger partial charge in [-0.05, 0) is 5.56 Å². The van der Waals surface area contributed by atoms with E-state index in [1.165, 1.54) is 11.8 Å². The number of nitrogens with one attached hydrogen (secondary N) is 1. The lowest BCUT2D eigenvalue weighted by molar-refractivity contribution is -0.131. The number of aliphatic hydroxyl groups is 1. The molecular weight excluding hydrogens is 244 g/mol. The summed E-state index contributed by atoms with van der Waals surface area (Å²) in [6.45, 7) is 1.65. The van der Waals surface area contributed by atoms with Crippen molar-refractivity contribution < 1.29 is 14.7 Å². The molecule has 0 spiro atoms. The van der Waals surface area contributed by atoms with Crippen LogP contribution in [-0.4, -0.2) is 42.0 Å². The Hall–Kier alpha value is -1.88. The van der Waals surface area contributed by atoms with Crippen LogP contribution in [0.1, 0.15) is 24.9 Å². The summed E-state index contributed by atoms with van der Waals surface area (Å²) in [6.07, 6.45) is 0.181. The van der Waals surface area contributed by atoms with Gasteiger partial charge >= 0.3 is 0 Å². The minimum absolute atomic E-state index is 0.0711. The van der Waals surface area contributed by atoms with Crippen LogP contribution in [0.25, 0.3) is 0 Å². The molecule has 5 heteroatoms. The number of benzene rings is 1. The highest BCUT2D eigenvalue weighted by atomic mass is 16.3. The van der Waals surface area contributed by atoms with Crippen LogP contribution in [0, 0.1) is 0 Å². The normalized spacial score (nSPS) is 11.7. The molecule has 0 saturated carbocycles. The number of aliphatic hydroxyl groups excluding tert-OH is 1.